The summed E-state index contributed by atoms with van der Waals surface area (Å²) in [4.78, 5) is 2.46. The third kappa shape index (κ3) is 4.24. The molecule has 1 unspecified atom stereocenters. The minimum Gasteiger partial charge on any atom is -0.508 e. The van der Waals surface area contributed by atoms with Crippen molar-refractivity contribution in [3.05, 3.63) is 29.3 Å². The van der Waals surface area contributed by atoms with E-state index < -0.39 is 0 Å². The summed E-state index contributed by atoms with van der Waals surface area (Å²) in [7, 11) is 0. The Kier molecular flexibility index (Phi) is 6.36. The number of phenolic OH excluding ortho intramolecular Hbond substituents is 1. The number of aromatic hydroxyl groups is 1. The number of rotatable bonds is 7. The highest BCUT2D eigenvalue weighted by Crippen LogP contribution is 2.30. The van der Waals surface area contributed by atoms with Gasteiger partial charge in [-0.1, -0.05) is 45.7 Å². The van der Waals surface area contributed by atoms with Crippen molar-refractivity contribution < 1.29 is 5.11 Å². The van der Waals surface area contributed by atoms with Crippen LogP contribution in [0, 0.1) is 12.8 Å². The van der Waals surface area contributed by atoms with E-state index in [1.54, 1.807) is 0 Å². The van der Waals surface area contributed by atoms with Crippen LogP contribution in [-0.2, 0) is 0 Å². The molecular weight excluding hydrogens is 234 g/mol. The molecule has 0 amide bonds. The minimum atomic E-state index is 0.270. The van der Waals surface area contributed by atoms with Crippen molar-refractivity contribution in [1.29, 1.82) is 0 Å². The van der Waals surface area contributed by atoms with E-state index in [0.717, 1.165) is 30.1 Å². The van der Waals surface area contributed by atoms with E-state index in [-0.39, 0.29) is 6.04 Å². The Hall–Kier alpha value is -1.02. The average molecular weight is 263 g/mol. The molecular formula is C17H29NO. The summed E-state index contributed by atoms with van der Waals surface area (Å²) >= 11 is 0. The van der Waals surface area contributed by atoms with Gasteiger partial charge in [0.05, 0.1) is 0 Å². The maximum absolute atomic E-state index is 10.1. The minimum absolute atomic E-state index is 0.270. The molecule has 0 saturated carbocycles. The van der Waals surface area contributed by atoms with Crippen LogP contribution in [0.25, 0.3) is 0 Å². The molecule has 0 aromatic heterocycles. The highest BCUT2D eigenvalue weighted by Gasteiger charge is 2.19. The quantitative estimate of drug-likeness (QED) is 0.782. The molecule has 1 atom stereocenters. The van der Waals surface area contributed by atoms with Gasteiger partial charge in [-0.2, -0.15) is 0 Å². The highest BCUT2D eigenvalue weighted by atomic mass is 16.3. The van der Waals surface area contributed by atoms with Gasteiger partial charge in [-0.15, -0.1) is 0 Å². The molecule has 0 aliphatic rings. The standard InChI is InChI=1S/C17H29NO/c1-6-15(7-2)12-18(8-3)14(5)16-10-9-13(4)11-17(16)19/h9-11,14-15,19H,6-8,12H2,1-5H3. The normalized spacial score (nSPS) is 13.2. The van der Waals surface area contributed by atoms with Gasteiger partial charge in [0.15, 0.2) is 0 Å². The van der Waals surface area contributed by atoms with Crippen LogP contribution in [0.4, 0.5) is 0 Å². The summed E-state index contributed by atoms with van der Waals surface area (Å²) in [5.41, 5.74) is 2.15. The lowest BCUT2D eigenvalue weighted by molar-refractivity contribution is 0.179. The number of aryl methyl sites for hydroxylation is 1. The number of hydrogen-bond donors (Lipinski definition) is 1. The molecule has 2 heteroatoms. The molecule has 1 N–H and O–H groups in total. The molecule has 1 aromatic rings. The van der Waals surface area contributed by atoms with E-state index in [1.807, 2.05) is 13.0 Å². The Labute approximate surface area is 118 Å². The van der Waals surface area contributed by atoms with Crippen molar-refractivity contribution in [2.75, 3.05) is 13.1 Å². The van der Waals surface area contributed by atoms with Crippen molar-refractivity contribution in [3.8, 4) is 5.75 Å². The maximum Gasteiger partial charge on any atom is 0.120 e. The van der Waals surface area contributed by atoms with Crippen LogP contribution >= 0.6 is 0 Å². The Morgan fingerprint density at radius 1 is 1.16 bits per heavy atom. The molecule has 0 radical (unpaired) electrons. The summed E-state index contributed by atoms with van der Waals surface area (Å²) < 4.78 is 0. The zero-order chi connectivity index (χ0) is 14.4. The van der Waals surface area contributed by atoms with Crippen LogP contribution in [0.5, 0.6) is 5.75 Å². The Bertz CT molecular complexity index is 385. The molecule has 0 heterocycles. The molecule has 0 saturated heterocycles. The van der Waals surface area contributed by atoms with Crippen molar-refractivity contribution in [2.45, 2.75) is 53.5 Å². The predicted octanol–water partition coefficient (Wildman–Crippen LogP) is 4.52. The molecule has 2 nitrogen and oxygen atoms in total. The number of phenols is 1. The summed E-state index contributed by atoms with van der Waals surface area (Å²) in [6.45, 7) is 13.0. The lowest BCUT2D eigenvalue weighted by Crippen LogP contribution is -2.31. The molecule has 0 spiro atoms. The summed E-state index contributed by atoms with van der Waals surface area (Å²) in [5.74, 6) is 1.17. The van der Waals surface area contributed by atoms with E-state index in [0.29, 0.717) is 5.75 Å². The van der Waals surface area contributed by atoms with E-state index in [2.05, 4.69) is 44.7 Å². The molecule has 108 valence electrons. The van der Waals surface area contributed by atoms with Gasteiger partial charge in [0.25, 0.3) is 0 Å². The monoisotopic (exact) mass is 263 g/mol. The van der Waals surface area contributed by atoms with Gasteiger partial charge in [-0.3, -0.25) is 4.90 Å². The number of hydrogen-bond acceptors (Lipinski definition) is 2. The van der Waals surface area contributed by atoms with Gasteiger partial charge in [0.1, 0.15) is 5.75 Å². The molecule has 0 aliphatic carbocycles. The molecule has 1 rings (SSSR count). The fourth-order valence-electron chi connectivity index (χ4n) is 2.64. The summed E-state index contributed by atoms with van der Waals surface area (Å²) in [5, 5.41) is 10.1. The summed E-state index contributed by atoms with van der Waals surface area (Å²) in [6, 6.07) is 6.27. The van der Waals surface area contributed by atoms with Crippen LogP contribution in [0.3, 0.4) is 0 Å². The van der Waals surface area contributed by atoms with Crippen LogP contribution in [0.2, 0.25) is 0 Å². The fourth-order valence-corrected chi connectivity index (χ4v) is 2.64. The topological polar surface area (TPSA) is 23.5 Å². The van der Waals surface area contributed by atoms with Gasteiger partial charge >= 0.3 is 0 Å². The number of benzene rings is 1. The third-order valence-electron chi connectivity index (χ3n) is 4.24. The van der Waals surface area contributed by atoms with Crippen LogP contribution in [0.1, 0.15) is 57.7 Å². The van der Waals surface area contributed by atoms with E-state index >= 15 is 0 Å². The summed E-state index contributed by atoms with van der Waals surface area (Å²) in [6.07, 6.45) is 2.44. The second-order valence-electron chi connectivity index (χ2n) is 5.51. The highest BCUT2D eigenvalue weighted by molar-refractivity contribution is 5.37. The molecule has 19 heavy (non-hydrogen) atoms. The fraction of sp³-hybridized carbons (Fsp3) is 0.647. The predicted molar refractivity (Wildman–Crippen MR) is 82.6 cm³/mol. The van der Waals surface area contributed by atoms with Crippen molar-refractivity contribution in [2.24, 2.45) is 5.92 Å². The first-order valence-electron chi connectivity index (χ1n) is 7.56. The van der Waals surface area contributed by atoms with E-state index in [4.69, 9.17) is 0 Å². The largest absolute Gasteiger partial charge is 0.508 e. The van der Waals surface area contributed by atoms with Crippen LogP contribution in [0.15, 0.2) is 18.2 Å². The second kappa shape index (κ2) is 7.54. The lowest BCUT2D eigenvalue weighted by Gasteiger charge is -2.31. The lowest BCUT2D eigenvalue weighted by atomic mass is 9.99. The van der Waals surface area contributed by atoms with Crippen molar-refractivity contribution in [1.82, 2.24) is 4.90 Å². The number of nitrogens with zero attached hydrogens (tertiary/aromatic N) is 1. The Morgan fingerprint density at radius 3 is 2.26 bits per heavy atom. The molecule has 0 aliphatic heterocycles. The van der Waals surface area contributed by atoms with Gasteiger partial charge in [-0.25, -0.2) is 0 Å². The van der Waals surface area contributed by atoms with Crippen LogP contribution in [-0.4, -0.2) is 23.1 Å². The average Bonchev–Trinajstić information content (AvgIpc) is 2.39. The van der Waals surface area contributed by atoms with E-state index in [1.165, 1.54) is 12.8 Å². The van der Waals surface area contributed by atoms with Gasteiger partial charge in [-0.05, 0) is 37.9 Å². The SMILES string of the molecule is CCC(CC)CN(CC)C(C)c1ccc(C)cc1O. The Morgan fingerprint density at radius 2 is 1.79 bits per heavy atom. The van der Waals surface area contributed by atoms with Crippen molar-refractivity contribution in [3.63, 3.8) is 0 Å². The second-order valence-corrected chi connectivity index (χ2v) is 5.51. The zero-order valence-electron chi connectivity index (χ0n) is 13.1. The first-order valence-corrected chi connectivity index (χ1v) is 7.56. The first-order chi connectivity index (χ1) is 9.03. The van der Waals surface area contributed by atoms with Gasteiger partial charge in [0.2, 0.25) is 0 Å². The maximum atomic E-state index is 10.1. The van der Waals surface area contributed by atoms with Gasteiger partial charge < -0.3 is 5.11 Å². The van der Waals surface area contributed by atoms with Crippen LogP contribution < -0.4 is 0 Å². The zero-order valence-corrected chi connectivity index (χ0v) is 13.1. The van der Waals surface area contributed by atoms with Crippen molar-refractivity contribution >= 4 is 0 Å². The van der Waals surface area contributed by atoms with E-state index in [9.17, 15) is 5.11 Å². The molecule has 0 fully saturated rings. The van der Waals surface area contributed by atoms with Gasteiger partial charge in [0, 0.05) is 18.2 Å². The third-order valence-corrected chi connectivity index (χ3v) is 4.24. The Balaban J connectivity index is 2.85. The first kappa shape index (κ1) is 16.0. The smallest absolute Gasteiger partial charge is 0.120 e. The molecule has 0 bridgehead atoms. The molecule has 1 aromatic carbocycles.